The van der Waals surface area contributed by atoms with Gasteiger partial charge in [-0.1, -0.05) is 6.07 Å². The topological polar surface area (TPSA) is 55.5 Å². The van der Waals surface area contributed by atoms with Gasteiger partial charge in [0.2, 0.25) is 0 Å². The molecule has 0 aromatic heterocycles. The van der Waals surface area contributed by atoms with E-state index in [1.165, 1.54) is 17.5 Å². The number of hydrogen-bond donors (Lipinski definition) is 2. The van der Waals surface area contributed by atoms with Crippen LogP contribution in [0.1, 0.15) is 50.3 Å². The monoisotopic (exact) mass is 249 g/mol. The van der Waals surface area contributed by atoms with E-state index in [0.29, 0.717) is 13.0 Å². The van der Waals surface area contributed by atoms with Crippen molar-refractivity contribution in [3.63, 3.8) is 0 Å². The highest BCUT2D eigenvalue weighted by Crippen LogP contribution is 2.30. The fraction of sp³-hybridized carbons (Fsp3) is 0.600. The van der Waals surface area contributed by atoms with E-state index in [-0.39, 0.29) is 6.04 Å². The van der Waals surface area contributed by atoms with Gasteiger partial charge in [0.1, 0.15) is 5.75 Å². The van der Waals surface area contributed by atoms with Crippen LogP contribution in [0.2, 0.25) is 0 Å². The van der Waals surface area contributed by atoms with Crippen LogP contribution in [-0.4, -0.2) is 17.3 Å². The molecule has 2 rings (SSSR count). The van der Waals surface area contributed by atoms with Crippen molar-refractivity contribution >= 4 is 0 Å². The molecule has 0 radical (unpaired) electrons. The molecular formula is C15H23NO2. The fourth-order valence-electron chi connectivity index (χ4n) is 2.32. The highest BCUT2D eigenvalue weighted by Gasteiger charge is 2.17. The first-order chi connectivity index (χ1) is 8.46. The number of fused-ring (bicyclic) bond motifs is 1. The van der Waals surface area contributed by atoms with Gasteiger partial charge in [-0.3, -0.25) is 0 Å². The van der Waals surface area contributed by atoms with Crippen LogP contribution in [0, 0.1) is 0 Å². The molecule has 0 fully saturated rings. The van der Waals surface area contributed by atoms with Crippen molar-refractivity contribution in [3.05, 3.63) is 29.3 Å². The fourth-order valence-corrected chi connectivity index (χ4v) is 2.32. The molecule has 0 saturated heterocycles. The van der Waals surface area contributed by atoms with E-state index in [1.807, 2.05) is 6.07 Å². The third-order valence-corrected chi connectivity index (χ3v) is 3.46. The van der Waals surface area contributed by atoms with Crippen LogP contribution in [0.25, 0.3) is 0 Å². The number of hydrogen-bond acceptors (Lipinski definition) is 3. The second-order valence-corrected chi connectivity index (χ2v) is 5.77. The summed E-state index contributed by atoms with van der Waals surface area (Å²) in [6.07, 6.45) is 3.97. The minimum absolute atomic E-state index is 0.145. The highest BCUT2D eigenvalue weighted by molar-refractivity contribution is 5.39. The summed E-state index contributed by atoms with van der Waals surface area (Å²) in [7, 11) is 0. The minimum atomic E-state index is -0.676. The van der Waals surface area contributed by atoms with E-state index < -0.39 is 5.60 Å². The molecule has 0 saturated carbocycles. The molecule has 1 aromatic carbocycles. The molecule has 3 N–H and O–H groups in total. The van der Waals surface area contributed by atoms with E-state index in [0.717, 1.165) is 18.6 Å². The normalized spacial score (nSPS) is 19.4. The summed E-state index contributed by atoms with van der Waals surface area (Å²) in [5.41, 5.74) is 8.02. The first-order valence-corrected chi connectivity index (χ1v) is 6.69. The number of benzene rings is 1. The quantitative estimate of drug-likeness (QED) is 0.862. The number of aryl methyl sites for hydroxylation is 1. The second-order valence-electron chi connectivity index (χ2n) is 5.77. The van der Waals surface area contributed by atoms with E-state index in [4.69, 9.17) is 10.5 Å². The average Bonchev–Trinajstić information content (AvgIpc) is 2.28. The third kappa shape index (κ3) is 3.47. The van der Waals surface area contributed by atoms with Gasteiger partial charge in [0.25, 0.3) is 0 Å². The van der Waals surface area contributed by atoms with Crippen molar-refractivity contribution in [2.24, 2.45) is 5.73 Å². The molecule has 0 spiro atoms. The summed E-state index contributed by atoms with van der Waals surface area (Å²) in [4.78, 5) is 0. The van der Waals surface area contributed by atoms with Crippen molar-refractivity contribution in [2.45, 2.75) is 51.2 Å². The van der Waals surface area contributed by atoms with Crippen LogP contribution in [0.15, 0.2) is 18.2 Å². The lowest BCUT2D eigenvalue weighted by molar-refractivity contribution is 0.0553. The van der Waals surface area contributed by atoms with Crippen LogP contribution in [0.3, 0.4) is 0 Å². The van der Waals surface area contributed by atoms with Crippen LogP contribution in [0.4, 0.5) is 0 Å². The maximum atomic E-state index is 9.63. The smallest absolute Gasteiger partial charge is 0.119 e. The van der Waals surface area contributed by atoms with E-state index in [1.54, 1.807) is 13.8 Å². The van der Waals surface area contributed by atoms with E-state index >= 15 is 0 Å². The molecule has 1 aromatic rings. The van der Waals surface area contributed by atoms with Crippen molar-refractivity contribution in [3.8, 4) is 5.75 Å². The predicted octanol–water partition coefficient (Wildman–Crippen LogP) is 2.56. The molecule has 1 aliphatic rings. The Bertz CT molecular complexity index is 409. The Kier molecular flexibility index (Phi) is 3.93. The van der Waals surface area contributed by atoms with Crippen LogP contribution in [0.5, 0.6) is 5.75 Å². The molecule has 0 bridgehead atoms. The lowest BCUT2D eigenvalue weighted by Gasteiger charge is -2.23. The molecule has 100 valence electrons. The van der Waals surface area contributed by atoms with Crippen LogP contribution < -0.4 is 10.5 Å². The molecule has 0 amide bonds. The summed E-state index contributed by atoms with van der Waals surface area (Å²) in [5.74, 6) is 0.857. The zero-order valence-electron chi connectivity index (χ0n) is 11.3. The molecule has 1 aliphatic carbocycles. The Morgan fingerprint density at radius 1 is 1.44 bits per heavy atom. The second kappa shape index (κ2) is 5.29. The molecule has 0 aliphatic heterocycles. The molecule has 3 nitrogen and oxygen atoms in total. The molecule has 3 heteroatoms. The standard InChI is InChI=1S/C15H23NO2/c1-15(2,17)8-9-18-12-7-6-11-4-3-5-14(16)13(11)10-12/h6-7,10,14,17H,3-5,8-9,16H2,1-2H3. The lowest BCUT2D eigenvalue weighted by Crippen LogP contribution is -2.22. The van der Waals surface area contributed by atoms with Gasteiger partial charge in [-0.05, 0) is 56.4 Å². The lowest BCUT2D eigenvalue weighted by atomic mass is 9.88. The van der Waals surface area contributed by atoms with Gasteiger partial charge in [0.15, 0.2) is 0 Å². The predicted molar refractivity (Wildman–Crippen MR) is 72.7 cm³/mol. The van der Waals surface area contributed by atoms with Crippen molar-refractivity contribution < 1.29 is 9.84 Å². The SMILES string of the molecule is CC(C)(O)CCOc1ccc2c(c1)C(N)CCC2. The van der Waals surface area contributed by atoms with Gasteiger partial charge in [-0.25, -0.2) is 0 Å². The van der Waals surface area contributed by atoms with Gasteiger partial charge in [0.05, 0.1) is 12.2 Å². The highest BCUT2D eigenvalue weighted by atomic mass is 16.5. The van der Waals surface area contributed by atoms with E-state index in [2.05, 4.69) is 12.1 Å². The van der Waals surface area contributed by atoms with Gasteiger partial charge < -0.3 is 15.6 Å². The number of rotatable bonds is 4. The largest absolute Gasteiger partial charge is 0.493 e. The van der Waals surface area contributed by atoms with Crippen molar-refractivity contribution in [2.75, 3.05) is 6.61 Å². The summed E-state index contributed by atoms with van der Waals surface area (Å²) in [5, 5.41) is 9.63. The zero-order valence-corrected chi connectivity index (χ0v) is 11.3. The molecular weight excluding hydrogens is 226 g/mol. The maximum absolute atomic E-state index is 9.63. The summed E-state index contributed by atoms with van der Waals surface area (Å²) in [6, 6.07) is 6.32. The summed E-state index contributed by atoms with van der Waals surface area (Å²) >= 11 is 0. The third-order valence-electron chi connectivity index (χ3n) is 3.46. The summed E-state index contributed by atoms with van der Waals surface area (Å²) < 4.78 is 5.68. The van der Waals surface area contributed by atoms with Gasteiger partial charge >= 0.3 is 0 Å². The number of aliphatic hydroxyl groups is 1. The Balaban J connectivity index is 2.00. The molecule has 1 atom stereocenters. The Morgan fingerprint density at radius 2 is 2.22 bits per heavy atom. The van der Waals surface area contributed by atoms with Crippen molar-refractivity contribution in [1.82, 2.24) is 0 Å². The number of ether oxygens (including phenoxy) is 1. The maximum Gasteiger partial charge on any atom is 0.119 e. The van der Waals surface area contributed by atoms with Crippen molar-refractivity contribution in [1.29, 1.82) is 0 Å². The average molecular weight is 249 g/mol. The van der Waals surface area contributed by atoms with Gasteiger partial charge in [-0.15, -0.1) is 0 Å². The molecule has 18 heavy (non-hydrogen) atoms. The Hall–Kier alpha value is -1.06. The molecule has 0 heterocycles. The van der Waals surface area contributed by atoms with Gasteiger partial charge in [0, 0.05) is 12.5 Å². The first-order valence-electron chi connectivity index (χ1n) is 6.69. The number of nitrogens with two attached hydrogens (primary N) is 1. The Labute approximate surface area is 109 Å². The van der Waals surface area contributed by atoms with Crippen LogP contribution >= 0.6 is 0 Å². The van der Waals surface area contributed by atoms with Crippen LogP contribution in [-0.2, 0) is 6.42 Å². The minimum Gasteiger partial charge on any atom is -0.493 e. The van der Waals surface area contributed by atoms with Gasteiger partial charge in [-0.2, -0.15) is 0 Å². The van der Waals surface area contributed by atoms with E-state index in [9.17, 15) is 5.11 Å². The summed E-state index contributed by atoms with van der Waals surface area (Å²) in [6.45, 7) is 4.11. The molecule has 1 unspecified atom stereocenters. The zero-order chi connectivity index (χ0) is 13.2. The Morgan fingerprint density at radius 3 is 2.94 bits per heavy atom. The first kappa shape index (κ1) is 13.4.